The number of pyridine rings is 1. The molecule has 9 nitrogen and oxygen atoms in total. The Morgan fingerprint density at radius 2 is 1.95 bits per heavy atom. The zero-order valence-electron chi connectivity index (χ0n) is 21.4. The van der Waals surface area contributed by atoms with Crippen LogP contribution in [0.5, 0.6) is 0 Å². The summed E-state index contributed by atoms with van der Waals surface area (Å²) in [6, 6.07) is 12.4. The predicted octanol–water partition coefficient (Wildman–Crippen LogP) is 4.55. The molecule has 0 spiro atoms. The Hall–Kier alpha value is -4.71. The lowest BCUT2D eigenvalue weighted by Gasteiger charge is -2.21. The smallest absolute Gasteiger partial charge is 0.299 e. The highest BCUT2D eigenvalue weighted by Crippen LogP contribution is 2.37. The molecule has 2 N–H and O–H groups in total. The molecular formula is C29H29N7O2. The van der Waals surface area contributed by atoms with Crippen LogP contribution in [-0.4, -0.2) is 49.7 Å². The van der Waals surface area contributed by atoms with Gasteiger partial charge in [0.1, 0.15) is 22.9 Å². The highest BCUT2D eigenvalue weighted by atomic mass is 16.2. The van der Waals surface area contributed by atoms with Crippen LogP contribution < -0.4 is 10.6 Å². The molecule has 3 aromatic heterocycles. The minimum absolute atomic E-state index is 0.162. The molecule has 9 heteroatoms. The highest BCUT2D eigenvalue weighted by molar-refractivity contribution is 6.04. The number of nitrogens with zero attached hydrogens (tertiary/aromatic N) is 5. The minimum atomic E-state index is -0.243. The van der Waals surface area contributed by atoms with E-state index in [1.54, 1.807) is 36.7 Å². The molecule has 1 aliphatic rings. The predicted molar refractivity (Wildman–Crippen MR) is 147 cm³/mol. The Morgan fingerprint density at radius 1 is 1.11 bits per heavy atom. The third-order valence-electron chi connectivity index (χ3n) is 6.53. The number of nitrogens with one attached hydrogen (secondary N) is 2. The second-order valence-electron chi connectivity index (χ2n) is 9.02. The van der Waals surface area contributed by atoms with E-state index in [1.165, 1.54) is 0 Å². The average Bonchev–Trinajstić information content (AvgIpc) is 3.59. The lowest BCUT2D eigenvalue weighted by molar-refractivity contribution is -0.126. The van der Waals surface area contributed by atoms with Gasteiger partial charge in [-0.3, -0.25) is 14.0 Å². The fourth-order valence-electron chi connectivity index (χ4n) is 4.70. The fourth-order valence-corrected chi connectivity index (χ4v) is 4.70. The van der Waals surface area contributed by atoms with E-state index < -0.39 is 0 Å². The average molecular weight is 508 g/mol. The molecule has 1 fully saturated rings. The Labute approximate surface area is 221 Å². The van der Waals surface area contributed by atoms with Gasteiger partial charge >= 0.3 is 0 Å². The SMILES string of the molecule is CCCC#CC(=O)N1CCCC1c1nc(-c2ccc(C(=O)Nc3ccccn3)cc2)c2c(NC)nccn12. The molecule has 0 radical (unpaired) electrons. The van der Waals surface area contributed by atoms with Crippen LogP contribution >= 0.6 is 0 Å². The minimum Gasteiger partial charge on any atom is -0.371 e. The van der Waals surface area contributed by atoms with E-state index in [9.17, 15) is 9.59 Å². The normalized spacial score (nSPS) is 14.7. The van der Waals surface area contributed by atoms with Crippen molar-refractivity contribution in [2.45, 2.75) is 38.6 Å². The standard InChI is InChI=1S/C29H29N7O2/c1-3-4-5-11-24(37)35-18-8-9-22(35)28-34-25(26-27(30-2)32-17-19-36(26)28)20-12-14-21(15-13-20)29(38)33-23-10-6-7-16-31-23/h6-7,10,12-17,19,22H,3-4,8-9,18H2,1-2H3,(H,30,32)(H,31,33,38). The Bertz CT molecular complexity index is 1520. The number of hydrogen-bond acceptors (Lipinski definition) is 6. The molecule has 38 heavy (non-hydrogen) atoms. The van der Waals surface area contributed by atoms with Gasteiger partial charge in [0.15, 0.2) is 5.82 Å². The largest absolute Gasteiger partial charge is 0.371 e. The summed E-state index contributed by atoms with van der Waals surface area (Å²) in [7, 11) is 1.82. The van der Waals surface area contributed by atoms with E-state index in [1.807, 2.05) is 47.7 Å². The number of likely N-dealkylation sites (tertiary alicyclic amines) is 1. The summed E-state index contributed by atoms with van der Waals surface area (Å²) in [5, 5.41) is 5.97. The highest BCUT2D eigenvalue weighted by Gasteiger charge is 2.33. The van der Waals surface area contributed by atoms with Gasteiger partial charge in [0, 0.05) is 49.7 Å². The first-order valence-electron chi connectivity index (χ1n) is 12.8. The van der Waals surface area contributed by atoms with Gasteiger partial charge in [-0.15, -0.1) is 0 Å². The van der Waals surface area contributed by atoms with Gasteiger partial charge in [0.25, 0.3) is 11.8 Å². The number of unbranched alkanes of at least 4 members (excludes halogenated alkanes) is 1. The number of imidazole rings is 1. The molecule has 1 aliphatic heterocycles. The molecule has 1 atom stereocenters. The number of rotatable bonds is 6. The molecule has 4 heterocycles. The number of hydrogen-bond donors (Lipinski definition) is 2. The summed E-state index contributed by atoms with van der Waals surface area (Å²) in [6.07, 6.45) is 8.55. The molecule has 4 aromatic rings. The van der Waals surface area contributed by atoms with Crippen LogP contribution in [0.2, 0.25) is 0 Å². The molecule has 2 amide bonds. The van der Waals surface area contributed by atoms with Gasteiger partial charge in [-0.25, -0.2) is 15.0 Å². The number of benzene rings is 1. The number of amides is 2. The van der Waals surface area contributed by atoms with Crippen molar-refractivity contribution in [1.82, 2.24) is 24.3 Å². The van der Waals surface area contributed by atoms with E-state index in [2.05, 4.69) is 32.4 Å². The van der Waals surface area contributed by atoms with Gasteiger partial charge < -0.3 is 15.5 Å². The molecule has 1 aromatic carbocycles. The summed E-state index contributed by atoms with van der Waals surface area (Å²) < 4.78 is 2.01. The number of fused-ring (bicyclic) bond motifs is 1. The van der Waals surface area contributed by atoms with E-state index >= 15 is 0 Å². The first kappa shape index (κ1) is 25.0. The van der Waals surface area contributed by atoms with E-state index in [4.69, 9.17) is 4.98 Å². The number of carbonyl (C=O) groups excluding carboxylic acids is 2. The lowest BCUT2D eigenvalue weighted by atomic mass is 10.1. The molecule has 0 bridgehead atoms. The van der Waals surface area contributed by atoms with Gasteiger partial charge in [-0.1, -0.05) is 31.0 Å². The van der Waals surface area contributed by atoms with Gasteiger partial charge in [-0.05, 0) is 49.4 Å². The van der Waals surface area contributed by atoms with Crippen molar-refractivity contribution in [3.8, 4) is 23.1 Å². The summed E-state index contributed by atoms with van der Waals surface area (Å²) in [5.74, 6) is 7.31. The van der Waals surface area contributed by atoms with Crippen LogP contribution in [-0.2, 0) is 4.79 Å². The van der Waals surface area contributed by atoms with Gasteiger partial charge in [-0.2, -0.15) is 0 Å². The lowest BCUT2D eigenvalue weighted by Crippen LogP contribution is -2.30. The maximum Gasteiger partial charge on any atom is 0.299 e. The third-order valence-corrected chi connectivity index (χ3v) is 6.53. The van der Waals surface area contributed by atoms with Crippen LogP contribution in [0.25, 0.3) is 16.8 Å². The van der Waals surface area contributed by atoms with Crippen LogP contribution in [0.1, 0.15) is 54.8 Å². The molecule has 1 unspecified atom stereocenters. The Balaban J connectivity index is 1.50. The topological polar surface area (TPSA) is 105 Å². The summed E-state index contributed by atoms with van der Waals surface area (Å²) in [6.45, 7) is 2.70. The molecule has 5 rings (SSSR count). The maximum absolute atomic E-state index is 12.9. The first-order valence-corrected chi connectivity index (χ1v) is 12.8. The van der Waals surface area contributed by atoms with Crippen molar-refractivity contribution in [2.75, 3.05) is 24.2 Å². The molecule has 0 aliphatic carbocycles. The van der Waals surface area contributed by atoms with Crippen LogP contribution in [0.3, 0.4) is 0 Å². The van der Waals surface area contributed by atoms with Crippen molar-refractivity contribution in [1.29, 1.82) is 0 Å². The van der Waals surface area contributed by atoms with Crippen LogP contribution in [0.4, 0.5) is 11.6 Å². The van der Waals surface area contributed by atoms with Crippen LogP contribution in [0, 0.1) is 11.8 Å². The summed E-state index contributed by atoms with van der Waals surface area (Å²) >= 11 is 0. The van der Waals surface area contributed by atoms with E-state index in [0.717, 1.165) is 41.9 Å². The molecule has 192 valence electrons. The second-order valence-corrected chi connectivity index (χ2v) is 9.02. The zero-order valence-corrected chi connectivity index (χ0v) is 21.4. The van der Waals surface area contributed by atoms with Crippen molar-refractivity contribution in [3.05, 3.63) is 72.4 Å². The summed E-state index contributed by atoms with van der Waals surface area (Å²) in [5.41, 5.74) is 2.89. The van der Waals surface area contributed by atoms with Crippen molar-refractivity contribution in [2.24, 2.45) is 0 Å². The van der Waals surface area contributed by atoms with Crippen molar-refractivity contribution < 1.29 is 9.59 Å². The quantitative estimate of drug-likeness (QED) is 0.371. The van der Waals surface area contributed by atoms with Crippen LogP contribution in [0.15, 0.2) is 61.1 Å². The number of carbonyl (C=O) groups is 2. The molecule has 1 saturated heterocycles. The van der Waals surface area contributed by atoms with E-state index in [0.29, 0.717) is 30.2 Å². The monoisotopic (exact) mass is 507 g/mol. The van der Waals surface area contributed by atoms with Gasteiger partial charge in [0.2, 0.25) is 0 Å². The van der Waals surface area contributed by atoms with E-state index in [-0.39, 0.29) is 17.9 Å². The first-order chi connectivity index (χ1) is 18.6. The number of aromatic nitrogens is 4. The van der Waals surface area contributed by atoms with Crippen molar-refractivity contribution >= 4 is 29.0 Å². The summed E-state index contributed by atoms with van der Waals surface area (Å²) in [4.78, 5) is 41.2. The Kier molecular flexibility index (Phi) is 7.31. The molecular weight excluding hydrogens is 478 g/mol. The van der Waals surface area contributed by atoms with Gasteiger partial charge in [0.05, 0.1) is 6.04 Å². The molecule has 0 saturated carbocycles. The van der Waals surface area contributed by atoms with Crippen molar-refractivity contribution in [3.63, 3.8) is 0 Å². The second kappa shape index (κ2) is 11.1. The zero-order chi connectivity index (χ0) is 26.5. The number of anilines is 2. The Morgan fingerprint density at radius 3 is 2.68 bits per heavy atom. The fraction of sp³-hybridized carbons (Fsp3) is 0.276. The third kappa shape index (κ3) is 4.93. The maximum atomic E-state index is 12.9.